The second-order valence-corrected chi connectivity index (χ2v) is 9.63. The predicted octanol–water partition coefficient (Wildman–Crippen LogP) is 7.41. The van der Waals surface area contributed by atoms with E-state index < -0.39 is 0 Å². The van der Waals surface area contributed by atoms with Gasteiger partial charge in [0.25, 0.3) is 0 Å². The van der Waals surface area contributed by atoms with E-state index in [4.69, 9.17) is 4.84 Å². The molecule has 32 heavy (non-hydrogen) atoms. The largest absolute Gasteiger partial charge is 2.00 e. The smallest absolute Gasteiger partial charge is 0.690 e. The van der Waals surface area contributed by atoms with Gasteiger partial charge in [-0.3, -0.25) is 0 Å². The summed E-state index contributed by atoms with van der Waals surface area (Å²) < 4.78 is 0. The molecule has 0 unspecified atom stereocenters. The number of hydrogen-bond donors (Lipinski definition) is 0. The summed E-state index contributed by atoms with van der Waals surface area (Å²) in [5.41, 5.74) is 3.27. The molecule has 0 saturated carbocycles. The molecule has 4 nitrogen and oxygen atoms in total. The second kappa shape index (κ2) is 10.4. The number of nitrogens with zero attached hydrogens (tertiary/aromatic N) is 3. The summed E-state index contributed by atoms with van der Waals surface area (Å²) in [4.78, 5) is 10.4. The van der Waals surface area contributed by atoms with Gasteiger partial charge in [-0.2, -0.15) is 5.70 Å². The molecule has 3 aromatic rings. The van der Waals surface area contributed by atoms with Crippen LogP contribution >= 0.6 is 0 Å². The van der Waals surface area contributed by atoms with Gasteiger partial charge in [-0.15, -0.1) is 24.7 Å². The minimum Gasteiger partial charge on any atom is -0.690 e. The molecule has 1 aromatic heterocycles. The maximum atomic E-state index is 5.85. The first kappa shape index (κ1) is 25.8. The molecule has 5 heteroatoms. The van der Waals surface area contributed by atoms with Crippen LogP contribution in [-0.4, -0.2) is 17.7 Å². The average molecular weight is 609 g/mol. The summed E-state index contributed by atoms with van der Waals surface area (Å²) in [7, 11) is 1.81. The fraction of sp³-hybridized carbons (Fsp3) is 0.333. The Hall–Kier alpha value is -2.45. The van der Waals surface area contributed by atoms with Crippen molar-refractivity contribution in [2.75, 3.05) is 7.05 Å². The van der Waals surface area contributed by atoms with Gasteiger partial charge in [-0.1, -0.05) is 89.2 Å². The Bertz CT molecular complexity index is 1120. The Kier molecular flexibility index (Phi) is 8.42. The van der Waals surface area contributed by atoms with Crippen LogP contribution < -0.4 is 4.84 Å². The van der Waals surface area contributed by atoms with E-state index in [0.29, 0.717) is 5.75 Å². The molecule has 0 amide bonds. The molecule has 0 bridgehead atoms. The number of rotatable bonds is 5. The van der Waals surface area contributed by atoms with Gasteiger partial charge in [0.1, 0.15) is 0 Å². The molecule has 0 saturated heterocycles. The Morgan fingerprint density at radius 3 is 2.34 bits per heavy atom. The Morgan fingerprint density at radius 2 is 1.69 bits per heavy atom. The van der Waals surface area contributed by atoms with E-state index in [9.17, 15) is 0 Å². The Balaban J connectivity index is 0.00000363. The maximum Gasteiger partial charge on any atom is 2.00 e. The Labute approximate surface area is 206 Å². The van der Waals surface area contributed by atoms with Gasteiger partial charge >= 0.3 is 21.1 Å². The zero-order valence-electron chi connectivity index (χ0n) is 19.8. The van der Waals surface area contributed by atoms with Crippen LogP contribution in [-0.2, 0) is 21.1 Å². The number of oxime groups is 1. The quantitative estimate of drug-likeness (QED) is 0.172. The summed E-state index contributed by atoms with van der Waals surface area (Å²) in [5, 5.41) is 11.2. The van der Waals surface area contributed by atoms with Crippen molar-refractivity contribution in [3.63, 3.8) is 0 Å². The normalized spacial score (nSPS) is 13.0. The monoisotopic (exact) mass is 608 g/mol. The van der Waals surface area contributed by atoms with Gasteiger partial charge in [0, 0.05) is 11.6 Å². The molecule has 0 spiro atoms. The van der Waals surface area contributed by atoms with Crippen molar-refractivity contribution >= 4 is 16.5 Å². The van der Waals surface area contributed by atoms with Gasteiger partial charge in [0.05, 0.1) is 11.5 Å². The minimum absolute atomic E-state index is 0. The fourth-order valence-electron chi connectivity index (χ4n) is 3.20. The molecule has 1 heterocycles. The molecule has 3 rings (SSSR count). The zero-order valence-corrected chi connectivity index (χ0v) is 22.1. The summed E-state index contributed by atoms with van der Waals surface area (Å²) in [6, 6.07) is 19.3. The van der Waals surface area contributed by atoms with Crippen LogP contribution in [0.15, 0.2) is 71.7 Å². The first-order valence-electron chi connectivity index (χ1n) is 10.5. The van der Waals surface area contributed by atoms with E-state index in [1.807, 2.05) is 55.7 Å². The van der Waals surface area contributed by atoms with Crippen molar-refractivity contribution in [3.05, 3.63) is 77.9 Å². The van der Waals surface area contributed by atoms with Gasteiger partial charge in [-0.25, -0.2) is 0 Å². The summed E-state index contributed by atoms with van der Waals surface area (Å²) in [5.74, 6) is 0.549. The molecule has 0 atom stereocenters. The number of fused-ring (bicyclic) bond motifs is 1. The summed E-state index contributed by atoms with van der Waals surface area (Å²) >= 11 is 0. The first-order chi connectivity index (χ1) is 14.6. The molecule has 0 radical (unpaired) electrons. The van der Waals surface area contributed by atoms with Crippen LogP contribution in [0.2, 0.25) is 0 Å². The number of pyridine rings is 1. The predicted molar refractivity (Wildman–Crippen MR) is 130 cm³/mol. The minimum atomic E-state index is -0.198. The fourth-order valence-corrected chi connectivity index (χ4v) is 3.20. The molecule has 0 fully saturated rings. The van der Waals surface area contributed by atoms with Crippen molar-refractivity contribution in [2.45, 2.75) is 41.5 Å². The molecule has 170 valence electrons. The molecule has 2 aromatic carbocycles. The number of allylic oxidation sites excluding steroid dienone is 2. The van der Waals surface area contributed by atoms with Gasteiger partial charge < -0.3 is 15.1 Å². The van der Waals surface area contributed by atoms with Gasteiger partial charge in [-0.05, 0) is 27.9 Å². The average Bonchev–Trinajstić information content (AvgIpc) is 2.71. The van der Waals surface area contributed by atoms with Crippen molar-refractivity contribution in [1.29, 1.82) is 0 Å². The van der Waals surface area contributed by atoms with E-state index >= 15 is 0 Å². The van der Waals surface area contributed by atoms with E-state index in [2.05, 4.69) is 75.2 Å². The third kappa shape index (κ3) is 6.29. The van der Waals surface area contributed by atoms with E-state index in [1.165, 1.54) is 0 Å². The molecule has 0 aliphatic rings. The van der Waals surface area contributed by atoms with Crippen LogP contribution in [0, 0.1) is 16.9 Å². The van der Waals surface area contributed by atoms with Crippen LogP contribution in [0.1, 0.15) is 41.5 Å². The second-order valence-electron chi connectivity index (χ2n) is 9.63. The van der Waals surface area contributed by atoms with Gasteiger partial charge in [0.2, 0.25) is 0 Å². The maximum absolute atomic E-state index is 5.85. The van der Waals surface area contributed by atoms with Crippen LogP contribution in [0.25, 0.3) is 27.3 Å². The summed E-state index contributed by atoms with van der Waals surface area (Å²) in [6.07, 6.45) is 3.85. The van der Waals surface area contributed by atoms with E-state index in [1.54, 1.807) is 0 Å². The van der Waals surface area contributed by atoms with Crippen LogP contribution in [0.5, 0.6) is 5.75 Å². The van der Waals surface area contributed by atoms with Crippen LogP contribution in [0.3, 0.4) is 0 Å². The standard InChI is InChI=1S/C27H31N3O.Pt/c1-26(2,3)23(28-7)18-24(27(4,5)6)30-31-21-13-10-12-20(17-21)25-22-14-9-8-11-19(22)15-16-29-25;/h8-16,18H,1-7H3;/q-2;+2/b23-18-,30-24-;. The zero-order chi connectivity index (χ0) is 22.6. The van der Waals surface area contributed by atoms with Crippen molar-refractivity contribution in [1.82, 2.24) is 4.98 Å². The molecular weight excluding hydrogens is 577 g/mol. The van der Waals surface area contributed by atoms with Gasteiger partial charge in [0.15, 0.2) is 0 Å². The molecule has 0 N–H and O–H groups in total. The number of benzene rings is 2. The van der Waals surface area contributed by atoms with Crippen molar-refractivity contribution in [3.8, 4) is 17.0 Å². The van der Waals surface area contributed by atoms with E-state index in [0.717, 1.165) is 33.4 Å². The summed E-state index contributed by atoms with van der Waals surface area (Å²) in [6.45, 7) is 12.8. The first-order valence-corrected chi connectivity index (χ1v) is 10.5. The third-order valence-corrected chi connectivity index (χ3v) is 4.99. The Morgan fingerprint density at radius 1 is 0.969 bits per heavy atom. The van der Waals surface area contributed by atoms with Crippen LogP contribution in [0.4, 0.5) is 0 Å². The third-order valence-electron chi connectivity index (χ3n) is 4.99. The van der Waals surface area contributed by atoms with Crippen molar-refractivity contribution in [2.24, 2.45) is 16.0 Å². The van der Waals surface area contributed by atoms with E-state index in [-0.39, 0.29) is 31.9 Å². The topological polar surface area (TPSA) is 48.6 Å². The molecule has 0 aliphatic heterocycles. The number of aromatic nitrogens is 1. The SMILES string of the molecule is C[N-]/C(=C\C(=N\Oc1[c-]c(-c2nccc3ccccc23)ccc1)C(C)(C)C)C(C)(C)C.[Pt+2]. The number of hydrogen-bond acceptors (Lipinski definition) is 3. The molecule has 0 aliphatic carbocycles. The molecular formula is C27H31N3OPt. The van der Waals surface area contributed by atoms with Crippen molar-refractivity contribution < 1.29 is 25.9 Å².